The van der Waals surface area contributed by atoms with Crippen molar-refractivity contribution in [2.45, 2.75) is 38.5 Å². The molecule has 38 heavy (non-hydrogen) atoms. The molecule has 8 nitrogen and oxygen atoms in total. The SMILES string of the molecule is BrC1=C(Br)CCC1.COC(=O)c1cc(N)cc(B(O)O)c1.COC(=O)c1cc(N)cc(C2=C(Br)CCC2)c1. The standard InChI is InChI=1S/C13H14BrNO2.C8H10BNO4.C5H6Br2/c1-17-13(16)9-5-8(6-10(15)7-9)11-3-2-4-12(11)14;1-14-8(11)5-2-6(9(12)13)4-7(10)3-5;6-4-2-1-3-5(4)7/h5-7H,2-4,15H2,1H3;2-4,12-13H,10H2,1H3;1-3H2. The van der Waals surface area contributed by atoms with E-state index >= 15 is 0 Å². The van der Waals surface area contributed by atoms with Crippen LogP contribution in [0.4, 0.5) is 11.4 Å². The predicted octanol–water partition coefficient (Wildman–Crippen LogP) is 5.25. The number of hydrogen-bond acceptors (Lipinski definition) is 8. The Bertz CT molecular complexity index is 1220. The van der Waals surface area contributed by atoms with Gasteiger partial charge in [-0.1, -0.05) is 47.8 Å². The summed E-state index contributed by atoms with van der Waals surface area (Å²) < 4.78 is 13.1. The summed E-state index contributed by atoms with van der Waals surface area (Å²) in [6.45, 7) is 0. The Hall–Kier alpha value is -2.12. The van der Waals surface area contributed by atoms with Crippen molar-refractivity contribution in [3.8, 4) is 0 Å². The van der Waals surface area contributed by atoms with Crippen LogP contribution in [0.1, 0.15) is 64.8 Å². The number of nitrogen functional groups attached to an aromatic ring is 2. The number of methoxy groups -OCH3 is 2. The van der Waals surface area contributed by atoms with Crippen molar-refractivity contribution in [2.24, 2.45) is 0 Å². The Morgan fingerprint density at radius 2 is 1.21 bits per heavy atom. The van der Waals surface area contributed by atoms with Gasteiger partial charge in [0, 0.05) is 20.3 Å². The highest BCUT2D eigenvalue weighted by Gasteiger charge is 2.17. The third-order valence-electron chi connectivity index (χ3n) is 5.66. The largest absolute Gasteiger partial charge is 0.488 e. The fraction of sp³-hybridized carbons (Fsp3) is 0.308. The van der Waals surface area contributed by atoms with Gasteiger partial charge in [0.1, 0.15) is 0 Å². The maximum atomic E-state index is 11.5. The topological polar surface area (TPSA) is 145 Å². The molecule has 0 spiro atoms. The number of ether oxygens (including phenoxy) is 2. The van der Waals surface area contributed by atoms with Crippen LogP contribution in [-0.4, -0.2) is 43.3 Å². The molecule has 2 aliphatic carbocycles. The van der Waals surface area contributed by atoms with Crippen molar-refractivity contribution >= 4 is 89.3 Å². The highest BCUT2D eigenvalue weighted by Crippen LogP contribution is 2.38. The van der Waals surface area contributed by atoms with Gasteiger partial charge in [-0.3, -0.25) is 0 Å². The summed E-state index contributed by atoms with van der Waals surface area (Å²) in [6.07, 6.45) is 6.96. The molecule has 0 saturated heterocycles. The van der Waals surface area contributed by atoms with E-state index in [0.717, 1.165) is 24.8 Å². The lowest BCUT2D eigenvalue weighted by atomic mass is 9.79. The number of carbonyl (C=O) groups excluding carboxylic acids is 2. The Balaban J connectivity index is 0.000000217. The van der Waals surface area contributed by atoms with Crippen LogP contribution in [0.3, 0.4) is 0 Å². The zero-order chi connectivity index (χ0) is 28.4. The van der Waals surface area contributed by atoms with Crippen LogP contribution in [0.15, 0.2) is 49.8 Å². The molecule has 0 radical (unpaired) electrons. The van der Waals surface area contributed by atoms with Gasteiger partial charge < -0.3 is 31.0 Å². The zero-order valence-corrected chi connectivity index (χ0v) is 25.9. The quantitative estimate of drug-likeness (QED) is 0.191. The predicted molar refractivity (Wildman–Crippen MR) is 163 cm³/mol. The van der Waals surface area contributed by atoms with Gasteiger partial charge in [0.15, 0.2) is 0 Å². The third kappa shape index (κ3) is 9.57. The number of carbonyl (C=O) groups is 2. The van der Waals surface area contributed by atoms with Gasteiger partial charge in [0.2, 0.25) is 0 Å². The molecule has 0 bridgehead atoms. The number of halogens is 3. The first-order valence-electron chi connectivity index (χ1n) is 11.7. The highest BCUT2D eigenvalue weighted by atomic mass is 79.9. The first-order valence-corrected chi connectivity index (χ1v) is 14.1. The summed E-state index contributed by atoms with van der Waals surface area (Å²) >= 11 is 10.4. The van der Waals surface area contributed by atoms with Crippen molar-refractivity contribution in [3.05, 3.63) is 66.5 Å². The van der Waals surface area contributed by atoms with Crippen molar-refractivity contribution in [2.75, 3.05) is 25.7 Å². The molecular formula is C26H30BBr3N2O6. The molecule has 2 aliphatic rings. The molecule has 0 aliphatic heterocycles. The van der Waals surface area contributed by atoms with Crippen LogP contribution in [0.5, 0.6) is 0 Å². The number of hydrogen-bond donors (Lipinski definition) is 4. The zero-order valence-electron chi connectivity index (χ0n) is 21.1. The third-order valence-corrected chi connectivity index (χ3v) is 8.82. The Kier molecular flexibility index (Phi) is 13.1. The van der Waals surface area contributed by atoms with Crippen LogP contribution in [0.2, 0.25) is 0 Å². The van der Waals surface area contributed by atoms with Crippen molar-refractivity contribution in [3.63, 3.8) is 0 Å². The van der Waals surface area contributed by atoms with Gasteiger partial charge >= 0.3 is 19.1 Å². The molecular weight excluding hydrogens is 687 g/mol. The minimum atomic E-state index is -1.65. The lowest BCUT2D eigenvalue weighted by Crippen LogP contribution is -2.30. The molecule has 0 atom stereocenters. The Labute approximate surface area is 248 Å². The van der Waals surface area contributed by atoms with E-state index in [2.05, 4.69) is 52.5 Å². The minimum Gasteiger partial charge on any atom is -0.465 e. The molecule has 6 N–H and O–H groups in total. The van der Waals surface area contributed by atoms with E-state index in [1.54, 1.807) is 6.07 Å². The Morgan fingerprint density at radius 1 is 0.737 bits per heavy atom. The maximum absolute atomic E-state index is 11.5. The summed E-state index contributed by atoms with van der Waals surface area (Å²) in [4.78, 5) is 22.6. The number of rotatable bonds is 4. The highest BCUT2D eigenvalue weighted by molar-refractivity contribution is 9.14. The van der Waals surface area contributed by atoms with Crippen LogP contribution >= 0.6 is 47.8 Å². The van der Waals surface area contributed by atoms with Gasteiger partial charge in [0.05, 0.1) is 25.3 Å². The van der Waals surface area contributed by atoms with Gasteiger partial charge in [-0.2, -0.15) is 0 Å². The number of anilines is 2. The minimum absolute atomic E-state index is 0.158. The lowest BCUT2D eigenvalue weighted by molar-refractivity contribution is 0.0592. The van der Waals surface area contributed by atoms with Crippen molar-refractivity contribution < 1.29 is 29.1 Å². The molecule has 2 aromatic carbocycles. The summed E-state index contributed by atoms with van der Waals surface area (Å²) in [7, 11) is 0.957. The van der Waals surface area contributed by atoms with E-state index in [1.807, 2.05) is 12.1 Å². The molecule has 0 amide bonds. The van der Waals surface area contributed by atoms with Crippen LogP contribution in [0, 0.1) is 0 Å². The van der Waals surface area contributed by atoms with Crippen molar-refractivity contribution in [1.29, 1.82) is 0 Å². The number of allylic oxidation sites excluding steroid dienone is 4. The fourth-order valence-corrected chi connectivity index (χ4v) is 5.47. The lowest BCUT2D eigenvalue weighted by Gasteiger charge is -2.08. The molecule has 4 rings (SSSR count). The molecule has 0 unspecified atom stereocenters. The summed E-state index contributed by atoms with van der Waals surface area (Å²) in [5.74, 6) is -0.924. The molecule has 204 valence electrons. The number of nitrogens with two attached hydrogens (primary N) is 2. The monoisotopic (exact) mass is 714 g/mol. The van der Waals surface area contributed by atoms with Gasteiger partial charge in [-0.25, -0.2) is 9.59 Å². The summed E-state index contributed by atoms with van der Waals surface area (Å²) in [6, 6.07) is 9.46. The molecule has 0 saturated carbocycles. The number of benzene rings is 2. The number of esters is 2. The molecule has 0 fully saturated rings. The molecule has 0 aromatic heterocycles. The molecule has 12 heteroatoms. The van der Waals surface area contributed by atoms with Crippen LogP contribution < -0.4 is 16.9 Å². The van der Waals surface area contributed by atoms with E-state index in [9.17, 15) is 9.59 Å². The van der Waals surface area contributed by atoms with E-state index in [4.69, 9.17) is 26.3 Å². The second-order valence-electron chi connectivity index (χ2n) is 8.49. The average molecular weight is 717 g/mol. The summed E-state index contributed by atoms with van der Waals surface area (Å²) in [5, 5.41) is 17.7. The van der Waals surface area contributed by atoms with Gasteiger partial charge in [0.25, 0.3) is 0 Å². The smallest absolute Gasteiger partial charge is 0.465 e. The normalized spacial score (nSPS) is 14.3. The van der Waals surface area contributed by atoms with E-state index in [1.165, 1.54) is 70.7 Å². The second-order valence-corrected chi connectivity index (χ2v) is 11.4. The second kappa shape index (κ2) is 15.5. The first-order chi connectivity index (χ1) is 18.0. The average Bonchev–Trinajstić information content (AvgIpc) is 3.49. The Morgan fingerprint density at radius 3 is 1.63 bits per heavy atom. The summed E-state index contributed by atoms with van der Waals surface area (Å²) in [5.41, 5.74) is 15.2. The van der Waals surface area contributed by atoms with Gasteiger partial charge in [-0.05, 0) is 96.0 Å². The van der Waals surface area contributed by atoms with E-state index in [0.29, 0.717) is 11.3 Å². The van der Waals surface area contributed by atoms with Crippen molar-refractivity contribution in [1.82, 2.24) is 0 Å². The maximum Gasteiger partial charge on any atom is 0.488 e. The molecule has 0 heterocycles. The fourth-order valence-electron chi connectivity index (χ4n) is 3.80. The first kappa shape index (κ1) is 32.1. The van der Waals surface area contributed by atoms with E-state index in [-0.39, 0.29) is 22.7 Å². The van der Waals surface area contributed by atoms with Crippen LogP contribution in [-0.2, 0) is 9.47 Å². The van der Waals surface area contributed by atoms with Crippen LogP contribution in [0.25, 0.3) is 5.57 Å². The van der Waals surface area contributed by atoms with E-state index < -0.39 is 13.1 Å². The van der Waals surface area contributed by atoms with Gasteiger partial charge in [-0.15, -0.1) is 0 Å². The molecule has 2 aromatic rings.